The monoisotopic (exact) mass is 233 g/mol. The van der Waals surface area contributed by atoms with Crippen LogP contribution < -0.4 is 10.1 Å². The van der Waals surface area contributed by atoms with Crippen molar-refractivity contribution in [2.45, 2.75) is 32.1 Å². The van der Waals surface area contributed by atoms with Gasteiger partial charge in [0.05, 0.1) is 7.11 Å². The first-order valence-corrected chi connectivity index (χ1v) is 6.12. The number of ether oxygens (including phenoxy) is 1. The molecule has 0 aromatic heterocycles. The Kier molecular flexibility index (Phi) is 3.67. The topological polar surface area (TPSA) is 38.3 Å². The molecule has 0 spiro atoms. The predicted molar refractivity (Wildman–Crippen MR) is 67.4 cm³/mol. The molecule has 1 aromatic carbocycles. The van der Waals surface area contributed by atoms with E-state index in [4.69, 9.17) is 4.74 Å². The summed E-state index contributed by atoms with van der Waals surface area (Å²) in [7, 11) is 1.69. The number of carbonyl (C=O) groups is 1. The van der Waals surface area contributed by atoms with E-state index in [1.54, 1.807) is 14.0 Å². The molecule has 0 heterocycles. The van der Waals surface area contributed by atoms with Gasteiger partial charge in [0, 0.05) is 19.4 Å². The third-order valence-electron chi connectivity index (χ3n) is 3.39. The summed E-state index contributed by atoms with van der Waals surface area (Å²) >= 11 is 0. The van der Waals surface area contributed by atoms with Gasteiger partial charge in [0.25, 0.3) is 0 Å². The molecular formula is C14H19NO2. The van der Waals surface area contributed by atoms with Crippen LogP contribution in [0.1, 0.15) is 36.8 Å². The highest BCUT2D eigenvalue weighted by Gasteiger charge is 2.20. The van der Waals surface area contributed by atoms with Crippen molar-refractivity contribution >= 4 is 5.91 Å². The van der Waals surface area contributed by atoms with Gasteiger partial charge in [-0.1, -0.05) is 6.07 Å². The van der Waals surface area contributed by atoms with E-state index in [0.717, 1.165) is 25.1 Å². The van der Waals surface area contributed by atoms with Crippen molar-refractivity contribution < 1.29 is 9.53 Å². The third-order valence-corrected chi connectivity index (χ3v) is 3.39. The summed E-state index contributed by atoms with van der Waals surface area (Å²) in [5.74, 6) is 1.37. The Morgan fingerprint density at radius 3 is 3.06 bits per heavy atom. The molecule has 3 nitrogen and oxygen atoms in total. The quantitative estimate of drug-likeness (QED) is 0.869. The summed E-state index contributed by atoms with van der Waals surface area (Å²) in [6, 6.07) is 6.27. The average molecular weight is 233 g/mol. The van der Waals surface area contributed by atoms with E-state index in [-0.39, 0.29) is 5.91 Å². The number of aryl methyl sites for hydroxylation is 1. The summed E-state index contributed by atoms with van der Waals surface area (Å²) < 4.78 is 5.27. The summed E-state index contributed by atoms with van der Waals surface area (Å²) in [4.78, 5) is 11.0. The molecule has 1 amide bonds. The van der Waals surface area contributed by atoms with Crippen LogP contribution in [0.25, 0.3) is 0 Å². The number of rotatable bonds is 3. The van der Waals surface area contributed by atoms with E-state index in [1.807, 2.05) is 6.07 Å². The summed E-state index contributed by atoms with van der Waals surface area (Å²) in [6.45, 7) is 2.30. The molecule has 1 aliphatic carbocycles. The number of nitrogens with one attached hydrogen (secondary N) is 1. The number of methoxy groups -OCH3 is 1. The molecule has 0 bridgehead atoms. The molecular weight excluding hydrogens is 214 g/mol. The van der Waals surface area contributed by atoms with E-state index in [2.05, 4.69) is 17.4 Å². The van der Waals surface area contributed by atoms with Crippen LogP contribution in [0, 0.1) is 0 Å². The highest BCUT2D eigenvalue weighted by Crippen LogP contribution is 2.33. The summed E-state index contributed by atoms with van der Waals surface area (Å²) in [5, 5.41) is 2.91. The second kappa shape index (κ2) is 5.21. The van der Waals surface area contributed by atoms with Gasteiger partial charge in [-0.3, -0.25) is 4.79 Å². The van der Waals surface area contributed by atoms with Crippen molar-refractivity contribution in [2.24, 2.45) is 0 Å². The summed E-state index contributed by atoms with van der Waals surface area (Å²) in [5.41, 5.74) is 2.73. The van der Waals surface area contributed by atoms with Crippen LogP contribution in [0.15, 0.2) is 18.2 Å². The lowest BCUT2D eigenvalue weighted by Gasteiger charge is -2.26. The molecule has 3 heteroatoms. The lowest BCUT2D eigenvalue weighted by molar-refractivity contribution is -0.119. The lowest BCUT2D eigenvalue weighted by atomic mass is 9.82. The third kappa shape index (κ3) is 2.78. The molecule has 1 unspecified atom stereocenters. The van der Waals surface area contributed by atoms with Crippen LogP contribution in [0.3, 0.4) is 0 Å². The Bertz CT molecular complexity index is 415. The Morgan fingerprint density at radius 2 is 2.35 bits per heavy atom. The van der Waals surface area contributed by atoms with Gasteiger partial charge < -0.3 is 10.1 Å². The smallest absolute Gasteiger partial charge is 0.216 e. The molecule has 1 atom stereocenters. The first-order valence-electron chi connectivity index (χ1n) is 6.12. The Labute approximate surface area is 102 Å². The highest BCUT2D eigenvalue weighted by atomic mass is 16.5. The second-order valence-electron chi connectivity index (χ2n) is 4.59. The standard InChI is InChI=1S/C14H19NO2/c1-10(16)15-9-12-5-3-4-11-6-7-13(17-2)8-14(11)12/h6-8,12H,3-5,9H2,1-2H3,(H,15,16). The van der Waals surface area contributed by atoms with Crippen molar-refractivity contribution in [3.05, 3.63) is 29.3 Å². The van der Waals surface area contributed by atoms with E-state index in [1.165, 1.54) is 17.5 Å². The Morgan fingerprint density at radius 1 is 1.53 bits per heavy atom. The van der Waals surface area contributed by atoms with E-state index < -0.39 is 0 Å². The molecule has 0 aliphatic heterocycles. The van der Waals surface area contributed by atoms with Crippen molar-refractivity contribution in [1.29, 1.82) is 0 Å². The van der Waals surface area contributed by atoms with Crippen molar-refractivity contribution in [1.82, 2.24) is 5.32 Å². The van der Waals surface area contributed by atoms with E-state index in [9.17, 15) is 4.79 Å². The van der Waals surface area contributed by atoms with Crippen LogP contribution in [0.4, 0.5) is 0 Å². The zero-order valence-corrected chi connectivity index (χ0v) is 10.5. The van der Waals surface area contributed by atoms with Gasteiger partial charge in [-0.15, -0.1) is 0 Å². The maximum Gasteiger partial charge on any atom is 0.216 e. The van der Waals surface area contributed by atoms with Gasteiger partial charge in [0.15, 0.2) is 0 Å². The number of amides is 1. The first-order chi connectivity index (χ1) is 8.20. The molecule has 17 heavy (non-hydrogen) atoms. The maximum absolute atomic E-state index is 11.0. The molecule has 92 valence electrons. The lowest BCUT2D eigenvalue weighted by Crippen LogP contribution is -2.27. The van der Waals surface area contributed by atoms with Crippen LogP contribution in [0.2, 0.25) is 0 Å². The fourth-order valence-corrected chi connectivity index (χ4v) is 2.48. The van der Waals surface area contributed by atoms with E-state index in [0.29, 0.717) is 5.92 Å². The number of fused-ring (bicyclic) bond motifs is 1. The molecule has 0 radical (unpaired) electrons. The Balaban J connectivity index is 2.19. The zero-order valence-electron chi connectivity index (χ0n) is 10.5. The van der Waals surface area contributed by atoms with Gasteiger partial charge in [-0.25, -0.2) is 0 Å². The molecule has 1 N–H and O–H groups in total. The maximum atomic E-state index is 11.0. The first kappa shape index (κ1) is 12.0. The van der Waals surface area contributed by atoms with Gasteiger partial charge in [-0.2, -0.15) is 0 Å². The SMILES string of the molecule is COc1ccc2c(c1)C(CNC(C)=O)CCC2. The van der Waals surface area contributed by atoms with Crippen LogP contribution in [-0.2, 0) is 11.2 Å². The second-order valence-corrected chi connectivity index (χ2v) is 4.59. The van der Waals surface area contributed by atoms with Crippen LogP contribution >= 0.6 is 0 Å². The molecule has 0 saturated carbocycles. The van der Waals surface area contributed by atoms with E-state index >= 15 is 0 Å². The largest absolute Gasteiger partial charge is 0.497 e. The highest BCUT2D eigenvalue weighted by molar-refractivity contribution is 5.72. The molecule has 0 saturated heterocycles. The minimum Gasteiger partial charge on any atom is -0.497 e. The van der Waals surface area contributed by atoms with Crippen LogP contribution in [-0.4, -0.2) is 19.6 Å². The van der Waals surface area contributed by atoms with Crippen LogP contribution in [0.5, 0.6) is 5.75 Å². The fraction of sp³-hybridized carbons (Fsp3) is 0.500. The number of carbonyl (C=O) groups excluding carboxylic acids is 1. The zero-order chi connectivity index (χ0) is 12.3. The minimum absolute atomic E-state index is 0.0417. The molecule has 1 aromatic rings. The van der Waals surface area contributed by atoms with Crippen molar-refractivity contribution in [3.8, 4) is 5.75 Å². The van der Waals surface area contributed by atoms with Gasteiger partial charge in [0.2, 0.25) is 5.91 Å². The number of hydrogen-bond acceptors (Lipinski definition) is 2. The normalized spacial score (nSPS) is 18.4. The number of hydrogen-bond donors (Lipinski definition) is 1. The molecule has 0 fully saturated rings. The Hall–Kier alpha value is -1.51. The number of benzene rings is 1. The van der Waals surface area contributed by atoms with Gasteiger partial charge in [-0.05, 0) is 42.5 Å². The molecule has 2 rings (SSSR count). The van der Waals surface area contributed by atoms with Crippen molar-refractivity contribution in [2.75, 3.05) is 13.7 Å². The van der Waals surface area contributed by atoms with Gasteiger partial charge >= 0.3 is 0 Å². The molecule has 1 aliphatic rings. The van der Waals surface area contributed by atoms with Crippen molar-refractivity contribution in [3.63, 3.8) is 0 Å². The predicted octanol–water partition coefficient (Wildman–Crippen LogP) is 2.25. The minimum atomic E-state index is 0.0417. The fourth-order valence-electron chi connectivity index (χ4n) is 2.48. The average Bonchev–Trinajstić information content (AvgIpc) is 2.35. The van der Waals surface area contributed by atoms with Gasteiger partial charge in [0.1, 0.15) is 5.75 Å². The summed E-state index contributed by atoms with van der Waals surface area (Å²) in [6.07, 6.45) is 3.47.